The number of benzene rings is 1. The van der Waals surface area contributed by atoms with Gasteiger partial charge in [-0.1, -0.05) is 0 Å². The monoisotopic (exact) mass is 431 g/mol. The number of ether oxygens (including phenoxy) is 1. The highest BCUT2D eigenvalue weighted by molar-refractivity contribution is 7.76. The van der Waals surface area contributed by atoms with Crippen LogP contribution in [0.2, 0.25) is 0 Å². The topological polar surface area (TPSA) is 96.9 Å². The van der Waals surface area contributed by atoms with E-state index in [1.54, 1.807) is 6.33 Å². The minimum atomic E-state index is -2.10. The molecule has 0 radical (unpaired) electrons. The van der Waals surface area contributed by atoms with E-state index in [1.165, 1.54) is 4.31 Å². The van der Waals surface area contributed by atoms with Crippen molar-refractivity contribution < 1.29 is 13.5 Å². The van der Waals surface area contributed by atoms with Crippen LogP contribution in [0.5, 0.6) is 11.6 Å². The molecule has 3 heterocycles. The fourth-order valence-electron chi connectivity index (χ4n) is 4.05. The van der Waals surface area contributed by atoms with E-state index in [0.29, 0.717) is 25.0 Å². The molecule has 0 aliphatic carbocycles. The molecule has 0 bridgehead atoms. The van der Waals surface area contributed by atoms with Gasteiger partial charge in [0.2, 0.25) is 5.88 Å². The van der Waals surface area contributed by atoms with Crippen LogP contribution in [0.3, 0.4) is 0 Å². The average molecular weight is 432 g/mol. The molecule has 162 valence electrons. The highest BCUT2D eigenvalue weighted by Crippen LogP contribution is 2.26. The van der Waals surface area contributed by atoms with Crippen molar-refractivity contribution in [3.63, 3.8) is 0 Å². The number of rotatable bonds is 6. The van der Waals surface area contributed by atoms with E-state index in [9.17, 15) is 8.76 Å². The predicted molar refractivity (Wildman–Crippen MR) is 115 cm³/mol. The number of anilines is 2. The molecule has 2 saturated heterocycles. The van der Waals surface area contributed by atoms with Gasteiger partial charge in [0.05, 0.1) is 0 Å². The molecule has 1 unspecified atom stereocenters. The van der Waals surface area contributed by atoms with Crippen molar-refractivity contribution in [3.8, 4) is 11.6 Å². The fraction of sp³-hybridized carbons (Fsp3) is 0.500. The molecule has 1 aromatic carbocycles. The van der Waals surface area contributed by atoms with Crippen LogP contribution < -0.4 is 15.0 Å². The third-order valence-electron chi connectivity index (χ3n) is 5.78. The Morgan fingerprint density at radius 1 is 1.07 bits per heavy atom. The zero-order valence-electron chi connectivity index (χ0n) is 17.1. The van der Waals surface area contributed by atoms with Crippen molar-refractivity contribution >= 4 is 22.8 Å². The Morgan fingerprint density at radius 3 is 2.40 bits per heavy atom. The first-order chi connectivity index (χ1) is 14.6. The lowest BCUT2D eigenvalue weighted by molar-refractivity contribution is 0.118. The van der Waals surface area contributed by atoms with Gasteiger partial charge in [0.1, 0.15) is 17.9 Å². The van der Waals surface area contributed by atoms with Gasteiger partial charge < -0.3 is 19.5 Å². The maximum atomic E-state index is 11.1. The molecule has 1 aromatic heterocycles. The normalized spacial score (nSPS) is 20.1. The molecular weight excluding hydrogens is 404 g/mol. The van der Waals surface area contributed by atoms with Gasteiger partial charge in [0.15, 0.2) is 0 Å². The molecule has 2 aromatic rings. The molecule has 10 heteroatoms. The van der Waals surface area contributed by atoms with Crippen molar-refractivity contribution in [1.82, 2.24) is 19.2 Å². The summed E-state index contributed by atoms with van der Waals surface area (Å²) in [6, 6.07) is 10.1. The van der Waals surface area contributed by atoms with Gasteiger partial charge >= 0.3 is 0 Å². The lowest BCUT2D eigenvalue weighted by Gasteiger charge is -2.43. The molecule has 1 atom stereocenters. The molecule has 0 saturated carbocycles. The highest BCUT2D eigenvalue weighted by atomic mass is 32.2. The maximum absolute atomic E-state index is 11.1. The molecule has 0 amide bonds. The van der Waals surface area contributed by atoms with Crippen LogP contribution in [0, 0.1) is 0 Å². The number of nitrogens with zero attached hydrogens (tertiary/aromatic N) is 5. The first-order valence-corrected chi connectivity index (χ1v) is 11.3. The van der Waals surface area contributed by atoms with E-state index in [-0.39, 0.29) is 0 Å². The summed E-state index contributed by atoms with van der Waals surface area (Å²) in [5.41, 5.74) is 1.02. The first kappa shape index (κ1) is 21.0. The fourth-order valence-corrected chi connectivity index (χ4v) is 4.51. The van der Waals surface area contributed by atoms with Crippen molar-refractivity contribution in [3.05, 3.63) is 36.7 Å². The van der Waals surface area contributed by atoms with Gasteiger partial charge in [-0.25, -0.2) is 14.3 Å². The van der Waals surface area contributed by atoms with Crippen molar-refractivity contribution in [2.24, 2.45) is 0 Å². The molecule has 2 aliphatic heterocycles. The Bertz CT molecular complexity index is 852. The molecule has 4 rings (SSSR count). The Balaban J connectivity index is 1.31. The summed E-state index contributed by atoms with van der Waals surface area (Å²) < 4.78 is 29.6. The smallest absolute Gasteiger partial charge is 0.224 e. The standard InChI is InChI=1S/C20H28N6O3S/c1-21-16-2-4-18(5-3-16)29-20-14-19(22-15-23-20)25-8-6-17(7-9-25)24-10-12-26(13-11-24)30(27)28/h2-5,14-15,17,21H,6-13H2,1H3,(H,27,28)/p-1. The van der Waals surface area contributed by atoms with Gasteiger partial charge in [0, 0.05) is 75.4 Å². The summed E-state index contributed by atoms with van der Waals surface area (Å²) in [5, 5.41) is 3.08. The van der Waals surface area contributed by atoms with E-state index >= 15 is 0 Å². The quantitative estimate of drug-likeness (QED) is 0.691. The summed E-state index contributed by atoms with van der Waals surface area (Å²) in [5.74, 6) is 2.13. The molecule has 0 spiro atoms. The summed E-state index contributed by atoms with van der Waals surface area (Å²) in [7, 11) is 1.88. The van der Waals surface area contributed by atoms with Crippen molar-refractivity contribution in [2.45, 2.75) is 18.9 Å². The Morgan fingerprint density at radius 2 is 1.77 bits per heavy atom. The highest BCUT2D eigenvalue weighted by Gasteiger charge is 2.28. The second kappa shape index (κ2) is 9.69. The number of piperidine rings is 1. The second-order valence-corrected chi connectivity index (χ2v) is 8.44. The van der Waals surface area contributed by atoms with Gasteiger partial charge in [-0.05, 0) is 37.1 Å². The van der Waals surface area contributed by atoms with Gasteiger partial charge in [-0.2, -0.15) is 0 Å². The third kappa shape index (κ3) is 5.07. The van der Waals surface area contributed by atoms with E-state index in [1.807, 2.05) is 37.4 Å². The molecular formula is C20H27N6O3S-. The number of nitrogens with one attached hydrogen (secondary N) is 1. The molecule has 1 N–H and O–H groups in total. The van der Waals surface area contributed by atoms with E-state index in [0.717, 1.165) is 56.3 Å². The van der Waals surface area contributed by atoms with Crippen LogP contribution in [-0.2, 0) is 11.3 Å². The van der Waals surface area contributed by atoms with E-state index in [4.69, 9.17) is 4.74 Å². The Hall–Kier alpha value is -2.27. The van der Waals surface area contributed by atoms with Crippen molar-refractivity contribution in [1.29, 1.82) is 0 Å². The number of hydrogen-bond acceptors (Lipinski definition) is 8. The van der Waals surface area contributed by atoms with Crippen LogP contribution in [0.15, 0.2) is 36.7 Å². The number of hydrogen-bond donors (Lipinski definition) is 1. The molecule has 2 fully saturated rings. The summed E-state index contributed by atoms with van der Waals surface area (Å²) in [6.45, 7) is 4.58. The Kier molecular flexibility index (Phi) is 6.78. The van der Waals surface area contributed by atoms with E-state index < -0.39 is 11.3 Å². The lowest BCUT2D eigenvalue weighted by atomic mass is 10.0. The summed E-state index contributed by atoms with van der Waals surface area (Å²) in [4.78, 5) is 13.4. The van der Waals surface area contributed by atoms with Gasteiger partial charge in [-0.15, -0.1) is 0 Å². The first-order valence-electron chi connectivity index (χ1n) is 10.2. The van der Waals surface area contributed by atoms with Crippen LogP contribution >= 0.6 is 0 Å². The molecule has 30 heavy (non-hydrogen) atoms. The SMILES string of the molecule is CNc1ccc(Oc2cc(N3CCC(N4CCN(S(=O)[O-])CC4)CC3)ncn2)cc1. The van der Waals surface area contributed by atoms with Crippen LogP contribution in [-0.4, -0.2) is 80.3 Å². The van der Waals surface area contributed by atoms with Crippen molar-refractivity contribution in [2.75, 3.05) is 56.5 Å². The average Bonchev–Trinajstić information content (AvgIpc) is 2.80. The lowest BCUT2D eigenvalue weighted by Crippen LogP contribution is -2.53. The van der Waals surface area contributed by atoms with Gasteiger partial charge in [-0.3, -0.25) is 9.11 Å². The zero-order chi connectivity index (χ0) is 20.9. The Labute approximate surface area is 179 Å². The minimum Gasteiger partial charge on any atom is -0.760 e. The van der Waals surface area contributed by atoms with Crippen LogP contribution in [0.4, 0.5) is 11.5 Å². The minimum absolute atomic E-state index is 0.492. The second-order valence-electron chi connectivity index (χ2n) is 7.49. The number of piperazine rings is 1. The summed E-state index contributed by atoms with van der Waals surface area (Å²) >= 11 is -2.10. The maximum Gasteiger partial charge on any atom is 0.224 e. The third-order valence-corrected chi connectivity index (χ3v) is 6.57. The number of aromatic nitrogens is 2. The molecule has 9 nitrogen and oxygen atoms in total. The van der Waals surface area contributed by atoms with Crippen LogP contribution in [0.25, 0.3) is 0 Å². The predicted octanol–water partition coefficient (Wildman–Crippen LogP) is 1.69. The van der Waals surface area contributed by atoms with E-state index in [2.05, 4.69) is 25.1 Å². The van der Waals surface area contributed by atoms with Gasteiger partial charge in [0.25, 0.3) is 0 Å². The largest absolute Gasteiger partial charge is 0.760 e. The molecule has 2 aliphatic rings. The van der Waals surface area contributed by atoms with Crippen LogP contribution in [0.1, 0.15) is 12.8 Å². The summed E-state index contributed by atoms with van der Waals surface area (Å²) in [6.07, 6.45) is 3.61. The zero-order valence-corrected chi connectivity index (χ0v) is 17.9.